The van der Waals surface area contributed by atoms with Gasteiger partial charge in [0.2, 0.25) is 5.91 Å². The molecule has 0 saturated heterocycles. The Morgan fingerprint density at radius 3 is 2.75 bits per heavy atom. The lowest BCUT2D eigenvalue weighted by Crippen LogP contribution is -2.38. The van der Waals surface area contributed by atoms with Crippen LogP contribution >= 0.6 is 0 Å². The van der Waals surface area contributed by atoms with E-state index in [1.54, 1.807) is 0 Å². The van der Waals surface area contributed by atoms with Gasteiger partial charge >= 0.3 is 0 Å². The van der Waals surface area contributed by atoms with Crippen molar-refractivity contribution in [3.05, 3.63) is 29.3 Å². The molecule has 2 rings (SSSR count). The number of fused-ring (bicyclic) bond motifs is 1. The molecule has 0 saturated carbocycles. The Labute approximate surface area is 122 Å². The van der Waals surface area contributed by atoms with Gasteiger partial charge in [0.05, 0.1) is 0 Å². The van der Waals surface area contributed by atoms with Crippen LogP contribution in [0, 0.1) is 5.92 Å². The lowest BCUT2D eigenvalue weighted by molar-refractivity contribution is -0.121. The fraction of sp³-hybridized carbons (Fsp3) is 0.588. The minimum absolute atomic E-state index is 0.0385. The van der Waals surface area contributed by atoms with E-state index in [9.17, 15) is 4.79 Å². The summed E-state index contributed by atoms with van der Waals surface area (Å²) in [6.07, 6.45) is 2.85. The average Bonchev–Trinajstić information content (AvgIpc) is 2.72. The molecule has 2 unspecified atom stereocenters. The van der Waals surface area contributed by atoms with Crippen molar-refractivity contribution in [1.82, 2.24) is 0 Å². The van der Waals surface area contributed by atoms with Crippen molar-refractivity contribution in [2.24, 2.45) is 11.7 Å². The smallest absolute Gasteiger partial charge is 0.229 e. The van der Waals surface area contributed by atoms with E-state index in [-0.39, 0.29) is 23.9 Å². The number of carbonyl (C=O) groups is 1. The van der Waals surface area contributed by atoms with Crippen molar-refractivity contribution >= 4 is 11.6 Å². The second kappa shape index (κ2) is 5.96. The molecule has 0 bridgehead atoms. The molecular formula is C17H26N2O. The van der Waals surface area contributed by atoms with Gasteiger partial charge in [-0.05, 0) is 43.4 Å². The molecule has 2 atom stereocenters. The Kier molecular flexibility index (Phi) is 4.48. The normalized spacial score (nSPS) is 19.3. The molecule has 110 valence electrons. The van der Waals surface area contributed by atoms with Crippen molar-refractivity contribution in [3.8, 4) is 0 Å². The molecule has 1 aliphatic heterocycles. The highest BCUT2D eigenvalue weighted by molar-refractivity contribution is 5.97. The minimum atomic E-state index is 0.0385. The summed E-state index contributed by atoms with van der Waals surface area (Å²) in [7, 11) is 0. The molecule has 20 heavy (non-hydrogen) atoms. The average molecular weight is 274 g/mol. The van der Waals surface area contributed by atoms with Gasteiger partial charge < -0.3 is 10.6 Å². The summed E-state index contributed by atoms with van der Waals surface area (Å²) in [4.78, 5) is 14.3. The fourth-order valence-corrected chi connectivity index (χ4v) is 2.87. The molecule has 1 aromatic carbocycles. The molecule has 3 nitrogen and oxygen atoms in total. The number of amides is 1. The first kappa shape index (κ1) is 15.0. The summed E-state index contributed by atoms with van der Waals surface area (Å²) in [5.74, 6) is 0.255. The minimum Gasteiger partial charge on any atom is -0.327 e. The third-order valence-corrected chi connectivity index (χ3v) is 4.11. The summed E-state index contributed by atoms with van der Waals surface area (Å²) in [6.45, 7) is 8.16. The molecule has 0 aromatic heterocycles. The molecule has 1 heterocycles. The van der Waals surface area contributed by atoms with Crippen LogP contribution in [0.25, 0.3) is 0 Å². The number of nitrogens with two attached hydrogens (primary N) is 1. The van der Waals surface area contributed by atoms with E-state index in [0.717, 1.165) is 24.9 Å². The monoisotopic (exact) mass is 274 g/mol. The molecule has 0 radical (unpaired) electrons. The maximum Gasteiger partial charge on any atom is 0.229 e. The van der Waals surface area contributed by atoms with E-state index < -0.39 is 0 Å². The van der Waals surface area contributed by atoms with Crippen LogP contribution in [0.1, 0.15) is 45.2 Å². The molecule has 1 aromatic rings. The van der Waals surface area contributed by atoms with Gasteiger partial charge in [-0.15, -0.1) is 0 Å². The lowest BCUT2D eigenvalue weighted by Gasteiger charge is -2.24. The van der Waals surface area contributed by atoms with Crippen molar-refractivity contribution in [2.45, 2.75) is 59.0 Å². The highest BCUT2D eigenvalue weighted by Crippen LogP contribution is 2.34. The molecule has 0 spiro atoms. The van der Waals surface area contributed by atoms with Crippen molar-refractivity contribution in [1.29, 1.82) is 0 Å². The number of anilines is 1. The van der Waals surface area contributed by atoms with Gasteiger partial charge in [0.15, 0.2) is 0 Å². The number of carbonyl (C=O) groups excluding carboxylic acids is 1. The molecule has 0 fully saturated rings. The molecular weight excluding hydrogens is 248 g/mol. The van der Waals surface area contributed by atoms with Gasteiger partial charge in [0.1, 0.15) is 0 Å². The Morgan fingerprint density at radius 2 is 2.15 bits per heavy atom. The highest BCUT2D eigenvalue weighted by Gasteiger charge is 2.32. The van der Waals surface area contributed by atoms with Gasteiger partial charge in [0.25, 0.3) is 0 Å². The predicted molar refractivity (Wildman–Crippen MR) is 83.9 cm³/mol. The summed E-state index contributed by atoms with van der Waals surface area (Å²) < 4.78 is 0. The van der Waals surface area contributed by atoms with Crippen LogP contribution in [0.15, 0.2) is 18.2 Å². The topological polar surface area (TPSA) is 46.3 Å². The third kappa shape index (κ3) is 2.88. The molecule has 3 heteroatoms. The number of benzene rings is 1. The van der Waals surface area contributed by atoms with Crippen LogP contribution in [-0.2, 0) is 17.6 Å². The maximum atomic E-state index is 12.3. The molecule has 0 aliphatic carbocycles. The van der Waals surface area contributed by atoms with Crippen molar-refractivity contribution in [3.63, 3.8) is 0 Å². The lowest BCUT2D eigenvalue weighted by atomic mass is 10.0. The quantitative estimate of drug-likeness (QED) is 0.917. The number of hydrogen-bond acceptors (Lipinski definition) is 2. The Morgan fingerprint density at radius 1 is 1.45 bits per heavy atom. The Bertz CT molecular complexity index is 496. The Balaban J connectivity index is 2.25. The second-order valence-corrected chi connectivity index (χ2v) is 6.25. The zero-order chi connectivity index (χ0) is 14.9. The highest BCUT2D eigenvalue weighted by atomic mass is 16.2. The van der Waals surface area contributed by atoms with Gasteiger partial charge in [-0.2, -0.15) is 0 Å². The molecule has 1 aliphatic rings. The maximum absolute atomic E-state index is 12.3. The van der Waals surface area contributed by atoms with Crippen LogP contribution in [0.5, 0.6) is 0 Å². The van der Waals surface area contributed by atoms with Crippen LogP contribution in [0.3, 0.4) is 0 Å². The van der Waals surface area contributed by atoms with E-state index in [4.69, 9.17) is 5.73 Å². The number of hydrogen-bond donors (Lipinski definition) is 1. The second-order valence-electron chi connectivity index (χ2n) is 6.25. The molecule has 1 amide bonds. The van der Waals surface area contributed by atoms with Crippen LogP contribution in [0.2, 0.25) is 0 Å². The summed E-state index contributed by atoms with van der Waals surface area (Å²) in [5.41, 5.74) is 9.68. The van der Waals surface area contributed by atoms with E-state index in [0.29, 0.717) is 0 Å². The summed E-state index contributed by atoms with van der Waals surface area (Å²) >= 11 is 0. The summed E-state index contributed by atoms with van der Waals surface area (Å²) in [6, 6.07) is 6.92. The number of rotatable bonds is 4. The van der Waals surface area contributed by atoms with Gasteiger partial charge in [-0.25, -0.2) is 0 Å². The first-order valence-corrected chi connectivity index (χ1v) is 7.64. The SMILES string of the molecule is CCC(N)Cc1ccc2c(c1)CC(C)N2C(=O)C(C)C. The van der Waals surface area contributed by atoms with Crippen LogP contribution < -0.4 is 10.6 Å². The van der Waals surface area contributed by atoms with Gasteiger partial charge in [-0.1, -0.05) is 32.9 Å². The van der Waals surface area contributed by atoms with Crippen LogP contribution in [0.4, 0.5) is 5.69 Å². The van der Waals surface area contributed by atoms with Gasteiger partial charge in [0, 0.05) is 23.7 Å². The van der Waals surface area contributed by atoms with E-state index >= 15 is 0 Å². The van der Waals surface area contributed by atoms with E-state index in [2.05, 4.69) is 32.0 Å². The van der Waals surface area contributed by atoms with E-state index in [1.165, 1.54) is 11.1 Å². The van der Waals surface area contributed by atoms with E-state index in [1.807, 2.05) is 18.7 Å². The largest absolute Gasteiger partial charge is 0.327 e. The standard InChI is InChI=1S/C17H26N2O/c1-5-15(18)10-13-6-7-16-14(9-13)8-12(4)19(16)17(20)11(2)3/h6-7,9,11-12,15H,5,8,10,18H2,1-4H3. The zero-order valence-electron chi connectivity index (χ0n) is 13.0. The zero-order valence-corrected chi connectivity index (χ0v) is 13.0. The van der Waals surface area contributed by atoms with Crippen molar-refractivity contribution < 1.29 is 4.79 Å². The van der Waals surface area contributed by atoms with Crippen molar-refractivity contribution in [2.75, 3.05) is 4.90 Å². The van der Waals surface area contributed by atoms with Crippen LogP contribution in [-0.4, -0.2) is 18.0 Å². The predicted octanol–water partition coefficient (Wildman–Crippen LogP) is 2.90. The van der Waals surface area contributed by atoms with Gasteiger partial charge in [-0.3, -0.25) is 4.79 Å². The third-order valence-electron chi connectivity index (χ3n) is 4.11. The molecule has 2 N–H and O–H groups in total. The number of nitrogens with zero attached hydrogens (tertiary/aromatic N) is 1. The Hall–Kier alpha value is -1.35. The summed E-state index contributed by atoms with van der Waals surface area (Å²) in [5, 5.41) is 0. The fourth-order valence-electron chi connectivity index (χ4n) is 2.87. The first-order valence-electron chi connectivity index (χ1n) is 7.64. The first-order chi connectivity index (χ1) is 9.43.